The van der Waals surface area contributed by atoms with E-state index in [9.17, 15) is 4.79 Å². The lowest BCUT2D eigenvalue weighted by Gasteiger charge is -2.37. The van der Waals surface area contributed by atoms with Crippen LogP contribution in [0.25, 0.3) is 0 Å². The van der Waals surface area contributed by atoms with Crippen molar-refractivity contribution >= 4 is 5.91 Å². The Labute approximate surface area is 120 Å². The third-order valence-electron chi connectivity index (χ3n) is 4.49. The molecule has 1 aliphatic carbocycles. The fourth-order valence-electron chi connectivity index (χ4n) is 3.26. The molecule has 0 aromatic carbocycles. The molecule has 5 nitrogen and oxygen atoms in total. The minimum atomic E-state index is -0.452. The maximum absolute atomic E-state index is 12.3. The Hall–Kier alpha value is -1.36. The van der Waals surface area contributed by atoms with Crippen LogP contribution in [0.1, 0.15) is 51.3 Å². The van der Waals surface area contributed by atoms with Crippen molar-refractivity contribution in [3.63, 3.8) is 0 Å². The molecule has 0 spiro atoms. The third kappa shape index (κ3) is 2.59. The number of nitrogens with zero attached hydrogens (tertiary/aromatic N) is 3. The molecule has 1 saturated heterocycles. The van der Waals surface area contributed by atoms with Gasteiger partial charge in [-0.15, -0.1) is 0 Å². The zero-order valence-corrected chi connectivity index (χ0v) is 12.4. The van der Waals surface area contributed by atoms with Gasteiger partial charge in [0.25, 0.3) is 0 Å². The summed E-state index contributed by atoms with van der Waals surface area (Å²) >= 11 is 0. The summed E-state index contributed by atoms with van der Waals surface area (Å²) in [5.74, 6) is 0.166. The molecule has 5 heteroatoms. The van der Waals surface area contributed by atoms with Gasteiger partial charge < -0.3 is 10.2 Å². The first-order valence-electron chi connectivity index (χ1n) is 7.65. The number of rotatable bonds is 3. The van der Waals surface area contributed by atoms with E-state index in [0.717, 1.165) is 18.8 Å². The van der Waals surface area contributed by atoms with Crippen LogP contribution in [0, 0.1) is 0 Å². The molecule has 2 heterocycles. The fraction of sp³-hybridized carbons (Fsp3) is 0.733. The molecule has 1 aliphatic heterocycles. The molecule has 1 amide bonds. The standard InChI is InChI=1S/C15H24N4O/c1-15(2)14(20)18(10-8-16-15)11-12-7-9-19(17-12)13-5-3-4-6-13/h7,9,13,16H,3-6,8,10-11H2,1-2H3. The summed E-state index contributed by atoms with van der Waals surface area (Å²) in [4.78, 5) is 14.3. The average molecular weight is 276 g/mol. The van der Waals surface area contributed by atoms with Gasteiger partial charge in [0.05, 0.1) is 23.8 Å². The number of aromatic nitrogens is 2. The highest BCUT2D eigenvalue weighted by atomic mass is 16.2. The van der Waals surface area contributed by atoms with E-state index in [1.54, 1.807) is 0 Å². The lowest BCUT2D eigenvalue weighted by Crippen LogP contribution is -2.60. The van der Waals surface area contributed by atoms with E-state index < -0.39 is 5.54 Å². The Bertz CT molecular complexity index is 488. The van der Waals surface area contributed by atoms with Gasteiger partial charge in [-0.05, 0) is 32.8 Å². The lowest BCUT2D eigenvalue weighted by molar-refractivity contribution is -0.140. The first-order valence-corrected chi connectivity index (χ1v) is 7.65. The van der Waals surface area contributed by atoms with Gasteiger partial charge in [0.2, 0.25) is 5.91 Å². The van der Waals surface area contributed by atoms with Crippen LogP contribution in [0.3, 0.4) is 0 Å². The van der Waals surface area contributed by atoms with Gasteiger partial charge in [-0.25, -0.2) is 0 Å². The minimum absolute atomic E-state index is 0.166. The van der Waals surface area contributed by atoms with Gasteiger partial charge in [-0.1, -0.05) is 12.8 Å². The maximum atomic E-state index is 12.3. The van der Waals surface area contributed by atoms with Crippen LogP contribution >= 0.6 is 0 Å². The average Bonchev–Trinajstić information content (AvgIpc) is 3.05. The van der Waals surface area contributed by atoms with Gasteiger partial charge in [0.15, 0.2) is 0 Å². The third-order valence-corrected chi connectivity index (χ3v) is 4.49. The lowest BCUT2D eigenvalue weighted by atomic mass is 10.0. The highest BCUT2D eigenvalue weighted by Crippen LogP contribution is 2.28. The molecule has 3 rings (SSSR count). The number of amides is 1. The van der Waals surface area contributed by atoms with E-state index >= 15 is 0 Å². The number of hydrogen-bond acceptors (Lipinski definition) is 3. The number of nitrogens with one attached hydrogen (secondary N) is 1. The molecule has 0 bridgehead atoms. The first-order chi connectivity index (χ1) is 9.56. The Morgan fingerprint density at radius 2 is 2.15 bits per heavy atom. The van der Waals surface area contributed by atoms with Gasteiger partial charge in [0, 0.05) is 19.3 Å². The van der Waals surface area contributed by atoms with E-state index in [0.29, 0.717) is 12.6 Å². The molecule has 1 N–H and O–H groups in total. The summed E-state index contributed by atoms with van der Waals surface area (Å²) in [6.45, 7) is 6.13. The molecule has 20 heavy (non-hydrogen) atoms. The molecule has 0 atom stereocenters. The molecule has 1 saturated carbocycles. The SMILES string of the molecule is CC1(C)NCCN(Cc2ccn(C3CCCC3)n2)C1=O. The monoisotopic (exact) mass is 276 g/mol. The van der Waals surface area contributed by atoms with Crippen molar-refractivity contribution in [2.75, 3.05) is 13.1 Å². The molecule has 1 aromatic rings. The quantitative estimate of drug-likeness (QED) is 0.914. The molecular weight excluding hydrogens is 252 g/mol. The zero-order chi connectivity index (χ0) is 14.2. The summed E-state index contributed by atoms with van der Waals surface area (Å²) in [6, 6.07) is 2.62. The highest BCUT2D eigenvalue weighted by Gasteiger charge is 2.35. The van der Waals surface area contributed by atoms with Gasteiger partial charge >= 0.3 is 0 Å². The Morgan fingerprint density at radius 3 is 2.90 bits per heavy atom. The molecule has 0 radical (unpaired) electrons. The van der Waals surface area contributed by atoms with Crippen LogP contribution in [0.5, 0.6) is 0 Å². The van der Waals surface area contributed by atoms with E-state index in [4.69, 9.17) is 0 Å². The summed E-state index contributed by atoms with van der Waals surface area (Å²) in [5, 5.41) is 7.93. The normalized spacial score (nSPS) is 23.5. The summed E-state index contributed by atoms with van der Waals surface area (Å²) < 4.78 is 2.10. The van der Waals surface area contributed by atoms with Crippen molar-refractivity contribution in [2.24, 2.45) is 0 Å². The molecule has 2 fully saturated rings. The Balaban J connectivity index is 1.67. The second-order valence-corrected chi connectivity index (χ2v) is 6.50. The van der Waals surface area contributed by atoms with Crippen LogP contribution < -0.4 is 5.32 Å². The van der Waals surface area contributed by atoms with Gasteiger partial charge in [-0.2, -0.15) is 5.10 Å². The second kappa shape index (κ2) is 5.20. The molecule has 2 aliphatic rings. The van der Waals surface area contributed by atoms with E-state index in [2.05, 4.69) is 27.4 Å². The van der Waals surface area contributed by atoms with Crippen molar-refractivity contribution in [3.8, 4) is 0 Å². The highest BCUT2D eigenvalue weighted by molar-refractivity contribution is 5.86. The first kappa shape index (κ1) is 13.6. The maximum Gasteiger partial charge on any atom is 0.242 e. The van der Waals surface area contributed by atoms with E-state index in [-0.39, 0.29) is 5.91 Å². The van der Waals surface area contributed by atoms with Crippen molar-refractivity contribution in [1.82, 2.24) is 20.0 Å². The van der Waals surface area contributed by atoms with E-state index in [1.165, 1.54) is 25.7 Å². The topological polar surface area (TPSA) is 50.2 Å². The molecule has 0 unspecified atom stereocenters. The van der Waals surface area contributed by atoms with Gasteiger partial charge in [-0.3, -0.25) is 9.48 Å². The molecule has 1 aromatic heterocycles. The van der Waals surface area contributed by atoms with Crippen LogP contribution in [-0.4, -0.2) is 39.2 Å². The van der Waals surface area contributed by atoms with E-state index in [1.807, 2.05) is 18.7 Å². The number of hydrogen-bond donors (Lipinski definition) is 1. The summed E-state index contributed by atoms with van der Waals surface area (Å²) in [5.41, 5.74) is 0.551. The summed E-state index contributed by atoms with van der Waals surface area (Å²) in [6.07, 6.45) is 7.17. The predicted molar refractivity (Wildman–Crippen MR) is 77.2 cm³/mol. The van der Waals surface area contributed by atoms with Crippen LogP contribution in [0.2, 0.25) is 0 Å². The van der Waals surface area contributed by atoms with Crippen LogP contribution in [0.4, 0.5) is 0 Å². The second-order valence-electron chi connectivity index (χ2n) is 6.50. The van der Waals surface area contributed by atoms with Crippen molar-refractivity contribution in [2.45, 2.75) is 57.7 Å². The minimum Gasteiger partial charge on any atom is -0.334 e. The number of carbonyl (C=O) groups excluding carboxylic acids is 1. The number of carbonyl (C=O) groups is 1. The molecular formula is C15H24N4O. The van der Waals surface area contributed by atoms with Crippen molar-refractivity contribution in [3.05, 3.63) is 18.0 Å². The van der Waals surface area contributed by atoms with Crippen molar-refractivity contribution in [1.29, 1.82) is 0 Å². The molecule has 110 valence electrons. The van der Waals surface area contributed by atoms with Crippen LogP contribution in [-0.2, 0) is 11.3 Å². The number of piperazine rings is 1. The van der Waals surface area contributed by atoms with Gasteiger partial charge in [0.1, 0.15) is 0 Å². The van der Waals surface area contributed by atoms with Crippen molar-refractivity contribution < 1.29 is 4.79 Å². The Morgan fingerprint density at radius 1 is 1.40 bits per heavy atom. The fourth-order valence-corrected chi connectivity index (χ4v) is 3.26. The smallest absolute Gasteiger partial charge is 0.242 e. The largest absolute Gasteiger partial charge is 0.334 e. The van der Waals surface area contributed by atoms with Crippen LogP contribution in [0.15, 0.2) is 12.3 Å². The summed E-state index contributed by atoms with van der Waals surface area (Å²) in [7, 11) is 0. The predicted octanol–water partition coefficient (Wildman–Crippen LogP) is 1.71. The Kier molecular flexibility index (Phi) is 3.54. The zero-order valence-electron chi connectivity index (χ0n) is 12.4.